The van der Waals surface area contributed by atoms with Crippen LogP contribution in [0.15, 0.2) is 36.4 Å². The smallest absolute Gasteiger partial charge is 0.282 e. The zero-order chi connectivity index (χ0) is 16.3. The Bertz CT molecular complexity index is 752. The minimum Gasteiger partial charge on any atom is -0.497 e. The minimum atomic E-state index is -0.728. The summed E-state index contributed by atoms with van der Waals surface area (Å²) >= 11 is 5.62. The van der Waals surface area contributed by atoms with Gasteiger partial charge in [0, 0.05) is 11.8 Å². The molecule has 22 heavy (non-hydrogen) atoms. The lowest BCUT2D eigenvalue weighted by molar-refractivity contribution is -0.385. The molecule has 2 rings (SSSR count). The van der Waals surface area contributed by atoms with Gasteiger partial charge in [0.25, 0.3) is 11.6 Å². The van der Waals surface area contributed by atoms with Gasteiger partial charge in [0.15, 0.2) is 0 Å². The number of ether oxygens (including phenoxy) is 1. The molecule has 1 N–H and O–H groups in total. The average Bonchev–Trinajstić information content (AvgIpc) is 2.50. The summed E-state index contributed by atoms with van der Waals surface area (Å²) in [6.07, 6.45) is 0. The Kier molecular flexibility index (Phi) is 4.57. The van der Waals surface area contributed by atoms with E-state index in [0.29, 0.717) is 5.75 Å². The largest absolute Gasteiger partial charge is 0.497 e. The monoisotopic (exact) mass is 324 g/mol. The van der Waals surface area contributed by atoms with Crippen LogP contribution in [0.25, 0.3) is 0 Å². The topological polar surface area (TPSA) is 81.5 Å². The molecule has 0 fully saturated rings. The van der Waals surface area contributed by atoms with Gasteiger partial charge in [-0.2, -0.15) is 0 Å². The molecule has 0 spiro atoms. The number of anilines is 1. The lowest BCUT2D eigenvalue weighted by Crippen LogP contribution is -2.14. The van der Waals surface area contributed by atoms with E-state index in [1.54, 1.807) is 0 Å². The number of methoxy groups -OCH3 is 1. The second-order valence-corrected chi connectivity index (χ2v) is 4.63. The van der Waals surface area contributed by atoms with Crippen molar-refractivity contribution in [3.63, 3.8) is 0 Å². The summed E-state index contributed by atoms with van der Waals surface area (Å²) < 4.78 is 18.0. The van der Waals surface area contributed by atoms with Gasteiger partial charge in [0.2, 0.25) is 0 Å². The van der Waals surface area contributed by atoms with E-state index in [9.17, 15) is 19.3 Å². The molecule has 0 heterocycles. The molecule has 8 heteroatoms. The van der Waals surface area contributed by atoms with Gasteiger partial charge < -0.3 is 10.1 Å². The first-order valence-electron chi connectivity index (χ1n) is 6.01. The third-order valence-corrected chi connectivity index (χ3v) is 3.11. The molecule has 0 aliphatic heterocycles. The Balaban J connectivity index is 2.35. The fraction of sp³-hybridized carbons (Fsp3) is 0.0714. The highest BCUT2D eigenvalue weighted by Crippen LogP contribution is 2.26. The number of nitro groups is 1. The molecule has 0 aliphatic carbocycles. The van der Waals surface area contributed by atoms with Crippen molar-refractivity contribution in [2.75, 3.05) is 12.4 Å². The zero-order valence-electron chi connectivity index (χ0n) is 11.3. The van der Waals surface area contributed by atoms with Gasteiger partial charge in [-0.15, -0.1) is 0 Å². The standard InChI is InChI=1S/C14H10ClFN2O4/c1-22-9-3-5-13(18(20)21)10(7-9)14(19)17-8-2-4-12(16)11(15)6-8/h2-7H,1H3,(H,17,19). The van der Waals surface area contributed by atoms with Crippen LogP contribution in [-0.4, -0.2) is 17.9 Å². The lowest BCUT2D eigenvalue weighted by Gasteiger charge is -2.08. The number of hydrogen-bond acceptors (Lipinski definition) is 4. The van der Waals surface area contributed by atoms with E-state index < -0.39 is 16.6 Å². The fourth-order valence-electron chi connectivity index (χ4n) is 1.76. The van der Waals surface area contributed by atoms with E-state index in [1.165, 1.54) is 37.4 Å². The quantitative estimate of drug-likeness (QED) is 0.687. The number of amides is 1. The maximum Gasteiger partial charge on any atom is 0.282 e. The van der Waals surface area contributed by atoms with Gasteiger partial charge in [-0.3, -0.25) is 14.9 Å². The number of carbonyl (C=O) groups is 1. The maximum absolute atomic E-state index is 13.1. The number of nitrogens with one attached hydrogen (secondary N) is 1. The molecule has 6 nitrogen and oxygen atoms in total. The van der Waals surface area contributed by atoms with Gasteiger partial charge in [-0.1, -0.05) is 11.6 Å². The highest BCUT2D eigenvalue weighted by molar-refractivity contribution is 6.31. The predicted molar refractivity (Wildman–Crippen MR) is 79.0 cm³/mol. The first-order chi connectivity index (χ1) is 10.4. The van der Waals surface area contributed by atoms with Crippen LogP contribution in [0.4, 0.5) is 15.8 Å². The molecule has 1 amide bonds. The Labute approximate surface area is 129 Å². The number of halogens is 2. The summed E-state index contributed by atoms with van der Waals surface area (Å²) in [4.78, 5) is 22.5. The highest BCUT2D eigenvalue weighted by Gasteiger charge is 2.21. The molecule has 2 aromatic carbocycles. The predicted octanol–water partition coefficient (Wildman–Crippen LogP) is 3.65. The molecule has 0 aliphatic rings. The van der Waals surface area contributed by atoms with Gasteiger partial charge in [0.1, 0.15) is 17.1 Å². The third-order valence-electron chi connectivity index (χ3n) is 2.82. The van der Waals surface area contributed by atoms with Gasteiger partial charge >= 0.3 is 0 Å². The summed E-state index contributed by atoms with van der Waals surface area (Å²) in [6, 6.07) is 7.39. The van der Waals surface area contributed by atoms with E-state index in [2.05, 4.69) is 5.32 Å². The van der Waals surface area contributed by atoms with Crippen molar-refractivity contribution in [3.8, 4) is 5.75 Å². The van der Waals surface area contributed by atoms with Crippen molar-refractivity contribution >= 4 is 28.9 Å². The second kappa shape index (κ2) is 6.40. The Morgan fingerprint density at radius 3 is 2.64 bits per heavy atom. The molecule has 0 saturated heterocycles. The molecular formula is C14H10ClFN2O4. The fourth-order valence-corrected chi connectivity index (χ4v) is 1.94. The summed E-state index contributed by atoms with van der Waals surface area (Å²) in [5, 5.41) is 13.2. The van der Waals surface area contributed by atoms with Crippen LogP contribution in [0.2, 0.25) is 5.02 Å². The number of rotatable bonds is 4. The summed E-state index contributed by atoms with van der Waals surface area (Å²) in [5.41, 5.74) is -0.329. The Hall–Kier alpha value is -2.67. The molecule has 0 unspecified atom stereocenters. The maximum atomic E-state index is 13.1. The van der Waals surface area contributed by atoms with Crippen LogP contribution in [0, 0.1) is 15.9 Å². The number of carbonyl (C=O) groups excluding carboxylic acids is 1. The third kappa shape index (κ3) is 3.32. The first-order valence-corrected chi connectivity index (χ1v) is 6.39. The van der Waals surface area contributed by atoms with E-state index in [1.807, 2.05) is 0 Å². The van der Waals surface area contributed by atoms with Crippen LogP contribution in [0.5, 0.6) is 5.75 Å². The van der Waals surface area contributed by atoms with Gasteiger partial charge in [-0.05, 0) is 30.3 Å². The zero-order valence-corrected chi connectivity index (χ0v) is 12.1. The van der Waals surface area contributed by atoms with Crippen molar-refractivity contribution in [1.29, 1.82) is 0 Å². The van der Waals surface area contributed by atoms with Crippen molar-refractivity contribution < 1.29 is 18.8 Å². The van der Waals surface area contributed by atoms with Crippen molar-refractivity contribution in [3.05, 3.63) is 62.9 Å². The number of nitro benzene ring substituents is 1. The van der Waals surface area contributed by atoms with E-state index >= 15 is 0 Å². The second-order valence-electron chi connectivity index (χ2n) is 4.22. The van der Waals surface area contributed by atoms with Crippen molar-refractivity contribution in [2.24, 2.45) is 0 Å². The molecular weight excluding hydrogens is 315 g/mol. The summed E-state index contributed by atoms with van der Waals surface area (Å²) in [5.74, 6) is -1.06. The SMILES string of the molecule is COc1ccc([N+](=O)[O-])c(C(=O)Nc2ccc(F)c(Cl)c2)c1. The number of hydrogen-bond donors (Lipinski definition) is 1. The number of benzene rings is 2. The van der Waals surface area contributed by atoms with E-state index in [4.69, 9.17) is 16.3 Å². The van der Waals surface area contributed by atoms with E-state index in [-0.39, 0.29) is 22.0 Å². The van der Waals surface area contributed by atoms with Crippen LogP contribution in [0.3, 0.4) is 0 Å². The minimum absolute atomic E-state index is 0.169. The Morgan fingerprint density at radius 1 is 1.32 bits per heavy atom. The van der Waals surface area contributed by atoms with Crippen molar-refractivity contribution in [1.82, 2.24) is 0 Å². The lowest BCUT2D eigenvalue weighted by atomic mass is 10.1. The van der Waals surface area contributed by atoms with Crippen LogP contribution in [-0.2, 0) is 0 Å². The molecule has 0 saturated carbocycles. The average molecular weight is 325 g/mol. The molecule has 0 bridgehead atoms. The van der Waals surface area contributed by atoms with Gasteiger partial charge in [-0.25, -0.2) is 4.39 Å². The van der Waals surface area contributed by atoms with E-state index in [0.717, 1.165) is 6.07 Å². The Morgan fingerprint density at radius 2 is 2.05 bits per heavy atom. The van der Waals surface area contributed by atoms with Crippen LogP contribution < -0.4 is 10.1 Å². The van der Waals surface area contributed by atoms with Crippen LogP contribution in [0.1, 0.15) is 10.4 Å². The molecule has 2 aromatic rings. The number of nitrogens with zero attached hydrogens (tertiary/aromatic N) is 1. The summed E-state index contributed by atoms with van der Waals surface area (Å²) in [6.45, 7) is 0. The normalized spacial score (nSPS) is 10.1. The van der Waals surface area contributed by atoms with Gasteiger partial charge in [0.05, 0.1) is 17.1 Å². The van der Waals surface area contributed by atoms with Crippen LogP contribution >= 0.6 is 11.6 Å². The highest BCUT2D eigenvalue weighted by atomic mass is 35.5. The molecule has 0 aromatic heterocycles. The molecule has 0 atom stereocenters. The molecule has 114 valence electrons. The summed E-state index contributed by atoms with van der Waals surface area (Å²) in [7, 11) is 1.38. The first kappa shape index (κ1) is 15.7. The van der Waals surface area contributed by atoms with Crippen molar-refractivity contribution in [2.45, 2.75) is 0 Å². The molecule has 0 radical (unpaired) electrons.